The molecule has 1 unspecified atom stereocenters. The lowest BCUT2D eigenvalue weighted by atomic mass is 10.0. The summed E-state index contributed by atoms with van der Waals surface area (Å²) in [6.45, 7) is 10.2. The van der Waals surface area contributed by atoms with Crippen molar-refractivity contribution < 1.29 is 14.7 Å². The van der Waals surface area contributed by atoms with Crippen molar-refractivity contribution in [1.82, 2.24) is 25.3 Å². The fraction of sp³-hybridized carbons (Fsp3) is 0.367. The number of aliphatic hydroxyl groups excluding tert-OH is 1. The number of aromatic nitrogens is 2. The largest absolute Gasteiger partial charge is 0.394 e. The number of imidazole rings is 1. The van der Waals surface area contributed by atoms with Gasteiger partial charge in [0.05, 0.1) is 18.2 Å². The zero-order valence-corrected chi connectivity index (χ0v) is 23.6. The van der Waals surface area contributed by atoms with E-state index in [0.717, 1.165) is 16.8 Å². The number of fused-ring (bicyclic) bond motifs is 1. The minimum atomic E-state index is -0.382. The third-order valence-electron chi connectivity index (χ3n) is 6.51. The number of carbonyl (C=O) groups is 2. The Hall–Kier alpha value is -3.69. The SMILES string of the molecule is C=C(/C=C\C(=C/C)CNC(=O)c1cccn2c(C(=O)NC(CO)CC(C)C)c(-c3ccsc3)nc12)NC1CC1. The average molecular weight is 548 g/mol. The van der Waals surface area contributed by atoms with Crippen LogP contribution in [0.5, 0.6) is 0 Å². The first-order valence-corrected chi connectivity index (χ1v) is 14.3. The van der Waals surface area contributed by atoms with Gasteiger partial charge in [-0.25, -0.2) is 4.98 Å². The number of allylic oxidation sites excluding steroid dienone is 2. The third-order valence-corrected chi connectivity index (χ3v) is 7.19. The summed E-state index contributed by atoms with van der Waals surface area (Å²) in [5, 5.41) is 23.0. The Labute approximate surface area is 233 Å². The van der Waals surface area contributed by atoms with Crippen LogP contribution in [-0.2, 0) is 0 Å². The molecule has 1 fully saturated rings. The number of hydrogen-bond acceptors (Lipinski definition) is 6. The van der Waals surface area contributed by atoms with Crippen molar-refractivity contribution in [1.29, 1.82) is 0 Å². The molecule has 0 spiro atoms. The van der Waals surface area contributed by atoms with E-state index in [4.69, 9.17) is 4.98 Å². The van der Waals surface area contributed by atoms with Gasteiger partial charge >= 0.3 is 0 Å². The Kier molecular flexibility index (Phi) is 9.37. The fourth-order valence-corrected chi connectivity index (χ4v) is 4.99. The predicted octanol–water partition coefficient (Wildman–Crippen LogP) is 4.70. The van der Waals surface area contributed by atoms with Gasteiger partial charge in [-0.3, -0.25) is 14.0 Å². The molecule has 0 radical (unpaired) electrons. The molecule has 0 bridgehead atoms. The summed E-state index contributed by atoms with van der Waals surface area (Å²) in [5.74, 6) is -0.326. The van der Waals surface area contributed by atoms with E-state index in [-0.39, 0.29) is 24.5 Å². The maximum Gasteiger partial charge on any atom is 0.270 e. The first kappa shape index (κ1) is 28.3. The second-order valence-electron chi connectivity index (χ2n) is 10.2. The third kappa shape index (κ3) is 7.25. The minimum Gasteiger partial charge on any atom is -0.394 e. The van der Waals surface area contributed by atoms with Crippen LogP contribution in [0.15, 0.2) is 71.2 Å². The molecule has 1 aliphatic rings. The molecule has 1 atom stereocenters. The van der Waals surface area contributed by atoms with Gasteiger partial charge in [-0.05, 0) is 67.3 Å². The van der Waals surface area contributed by atoms with Crippen LogP contribution in [0.4, 0.5) is 0 Å². The number of hydrogen-bond donors (Lipinski definition) is 4. The van der Waals surface area contributed by atoms with Gasteiger partial charge in [0.1, 0.15) is 11.4 Å². The van der Waals surface area contributed by atoms with Crippen LogP contribution >= 0.6 is 11.3 Å². The van der Waals surface area contributed by atoms with Crippen molar-refractivity contribution in [2.45, 2.75) is 52.1 Å². The molecular weight excluding hydrogens is 510 g/mol. The number of nitrogens with zero attached hydrogens (tertiary/aromatic N) is 2. The van der Waals surface area contributed by atoms with E-state index in [0.29, 0.717) is 47.5 Å². The summed E-state index contributed by atoms with van der Waals surface area (Å²) in [4.78, 5) is 31.6. The fourth-order valence-electron chi connectivity index (χ4n) is 4.34. The van der Waals surface area contributed by atoms with Gasteiger partial charge < -0.3 is 21.1 Å². The molecule has 2 amide bonds. The van der Waals surface area contributed by atoms with E-state index < -0.39 is 0 Å². The summed E-state index contributed by atoms with van der Waals surface area (Å²) in [6.07, 6.45) is 10.5. The van der Waals surface area contributed by atoms with E-state index in [2.05, 4.69) is 22.5 Å². The molecule has 4 N–H and O–H groups in total. The van der Waals surface area contributed by atoms with E-state index >= 15 is 0 Å². The van der Waals surface area contributed by atoms with Crippen LogP contribution in [0.25, 0.3) is 16.9 Å². The van der Waals surface area contributed by atoms with Crippen LogP contribution in [0.2, 0.25) is 0 Å². The molecule has 8 nitrogen and oxygen atoms in total. The summed E-state index contributed by atoms with van der Waals surface area (Å²) in [5.41, 5.74) is 4.18. The highest BCUT2D eigenvalue weighted by atomic mass is 32.1. The van der Waals surface area contributed by atoms with Crippen molar-refractivity contribution >= 4 is 28.8 Å². The Morgan fingerprint density at radius 1 is 1.26 bits per heavy atom. The molecule has 206 valence electrons. The van der Waals surface area contributed by atoms with Gasteiger partial charge in [-0.1, -0.05) is 32.6 Å². The average Bonchev–Trinajstić information content (AvgIpc) is 3.39. The Morgan fingerprint density at radius 2 is 2.05 bits per heavy atom. The molecule has 3 aromatic heterocycles. The van der Waals surface area contributed by atoms with Crippen LogP contribution < -0.4 is 16.0 Å². The van der Waals surface area contributed by atoms with Crippen molar-refractivity contribution in [3.63, 3.8) is 0 Å². The minimum absolute atomic E-state index is 0.159. The molecule has 0 aliphatic heterocycles. The first-order valence-electron chi connectivity index (χ1n) is 13.3. The predicted molar refractivity (Wildman–Crippen MR) is 157 cm³/mol. The molecule has 1 aliphatic carbocycles. The summed E-state index contributed by atoms with van der Waals surface area (Å²) in [6, 6.07) is 5.49. The van der Waals surface area contributed by atoms with Gasteiger partial charge in [0.15, 0.2) is 5.65 Å². The molecule has 0 saturated heterocycles. The standard InChI is InChI=1S/C30H37N5O3S/c1-5-21(9-8-20(4)32-23-10-11-23)16-31-29(37)25-7-6-13-35-27(30(38)33-24(17-36)15-19(2)3)26(34-28(25)35)22-12-14-39-18-22/h5-9,12-14,18-19,23-24,32,36H,4,10-11,15-17H2,1-3H3,(H,31,37)(H,33,38)/b9-8-,21-5+. The van der Waals surface area contributed by atoms with Crippen molar-refractivity contribution in [2.75, 3.05) is 13.2 Å². The van der Waals surface area contributed by atoms with E-state index in [1.165, 1.54) is 24.2 Å². The molecule has 1 saturated carbocycles. The second-order valence-corrected chi connectivity index (χ2v) is 11.0. The molecule has 9 heteroatoms. The van der Waals surface area contributed by atoms with Crippen LogP contribution in [-0.4, -0.2) is 51.5 Å². The van der Waals surface area contributed by atoms with Gasteiger partial charge in [0.25, 0.3) is 11.8 Å². The summed E-state index contributed by atoms with van der Waals surface area (Å²) < 4.78 is 1.66. The van der Waals surface area contributed by atoms with E-state index in [1.54, 1.807) is 22.7 Å². The first-order chi connectivity index (χ1) is 18.8. The van der Waals surface area contributed by atoms with Crippen molar-refractivity contribution in [3.05, 3.63) is 82.5 Å². The van der Waals surface area contributed by atoms with Gasteiger partial charge in [-0.2, -0.15) is 11.3 Å². The Morgan fingerprint density at radius 3 is 2.69 bits per heavy atom. The lowest BCUT2D eigenvalue weighted by Gasteiger charge is -2.18. The van der Waals surface area contributed by atoms with E-state index in [9.17, 15) is 14.7 Å². The highest BCUT2D eigenvalue weighted by molar-refractivity contribution is 7.08. The molecule has 4 rings (SSSR count). The molecule has 0 aromatic carbocycles. The van der Waals surface area contributed by atoms with E-state index in [1.807, 2.05) is 55.8 Å². The number of pyridine rings is 1. The van der Waals surface area contributed by atoms with Crippen LogP contribution in [0, 0.1) is 5.92 Å². The number of thiophene rings is 1. The monoisotopic (exact) mass is 547 g/mol. The molecule has 3 heterocycles. The molecule has 3 aromatic rings. The zero-order chi connectivity index (χ0) is 27.9. The lowest BCUT2D eigenvalue weighted by molar-refractivity contribution is 0.0901. The number of carbonyl (C=O) groups excluding carboxylic acids is 2. The van der Waals surface area contributed by atoms with Gasteiger partial charge in [-0.15, -0.1) is 0 Å². The summed E-state index contributed by atoms with van der Waals surface area (Å²) >= 11 is 1.51. The Bertz CT molecular complexity index is 1380. The smallest absolute Gasteiger partial charge is 0.270 e. The number of rotatable bonds is 13. The number of aliphatic hydroxyl groups is 1. The lowest BCUT2D eigenvalue weighted by Crippen LogP contribution is -2.39. The summed E-state index contributed by atoms with van der Waals surface area (Å²) in [7, 11) is 0. The van der Waals surface area contributed by atoms with Crippen LogP contribution in [0.1, 0.15) is 60.9 Å². The van der Waals surface area contributed by atoms with Crippen molar-refractivity contribution in [2.24, 2.45) is 5.92 Å². The molecular formula is C30H37N5O3S. The second kappa shape index (κ2) is 12.9. The number of nitrogens with one attached hydrogen (secondary N) is 3. The van der Waals surface area contributed by atoms with Gasteiger partial charge in [0, 0.05) is 35.4 Å². The molecule has 39 heavy (non-hydrogen) atoms. The quantitative estimate of drug-likeness (QED) is 0.232. The zero-order valence-electron chi connectivity index (χ0n) is 22.7. The maximum atomic E-state index is 13.5. The number of amides is 2. The normalized spacial score (nSPS) is 14.6. The highest BCUT2D eigenvalue weighted by Gasteiger charge is 2.26. The highest BCUT2D eigenvalue weighted by Crippen LogP contribution is 2.28. The van der Waals surface area contributed by atoms with Crippen molar-refractivity contribution in [3.8, 4) is 11.3 Å². The van der Waals surface area contributed by atoms with Crippen LogP contribution in [0.3, 0.4) is 0 Å². The van der Waals surface area contributed by atoms with Gasteiger partial charge in [0.2, 0.25) is 0 Å². The maximum absolute atomic E-state index is 13.5. The Balaban J connectivity index is 1.58. The topological polar surface area (TPSA) is 108 Å².